The fourth-order valence-corrected chi connectivity index (χ4v) is 5.79. The molecule has 0 spiro atoms. The summed E-state index contributed by atoms with van der Waals surface area (Å²) in [5.41, 5.74) is 1.16. The Labute approximate surface area is 233 Å². The zero-order chi connectivity index (χ0) is 26.6. The molecule has 0 radical (unpaired) electrons. The lowest BCUT2D eigenvalue weighted by Gasteiger charge is -2.34. The van der Waals surface area contributed by atoms with E-state index >= 15 is 0 Å². The molecule has 4 heterocycles. The van der Waals surface area contributed by atoms with Crippen LogP contribution in [-0.2, 0) is 4.79 Å². The summed E-state index contributed by atoms with van der Waals surface area (Å²) in [5.74, 6) is 2.67. The van der Waals surface area contributed by atoms with Gasteiger partial charge >= 0.3 is 0 Å². The van der Waals surface area contributed by atoms with Gasteiger partial charge in [0.15, 0.2) is 0 Å². The van der Waals surface area contributed by atoms with E-state index in [-0.39, 0.29) is 29.8 Å². The average Bonchev–Trinajstić information content (AvgIpc) is 3.40. The third-order valence-corrected chi connectivity index (χ3v) is 8.18. The number of pyridine rings is 2. The van der Waals surface area contributed by atoms with Crippen molar-refractivity contribution in [2.75, 3.05) is 38.2 Å². The first-order valence-electron chi connectivity index (χ1n) is 13.0. The summed E-state index contributed by atoms with van der Waals surface area (Å²) in [4.78, 5) is 26.8. The maximum absolute atomic E-state index is 13.7. The zero-order valence-electron chi connectivity index (χ0n) is 21.6. The van der Waals surface area contributed by atoms with Gasteiger partial charge in [0.1, 0.15) is 17.7 Å². The molecule has 2 aromatic heterocycles. The van der Waals surface area contributed by atoms with E-state index in [4.69, 9.17) is 32.7 Å². The molecule has 3 atom stereocenters. The van der Waals surface area contributed by atoms with Gasteiger partial charge in [-0.15, -0.1) is 0 Å². The number of amides is 1. The number of aromatic nitrogens is 2. The van der Waals surface area contributed by atoms with Gasteiger partial charge < -0.3 is 19.3 Å². The van der Waals surface area contributed by atoms with Crippen LogP contribution in [0.25, 0.3) is 0 Å². The number of rotatable bonds is 7. The number of carbonyl (C=O) groups excluding carboxylic acids is 1. The van der Waals surface area contributed by atoms with Crippen molar-refractivity contribution < 1.29 is 14.3 Å². The van der Waals surface area contributed by atoms with Crippen molar-refractivity contribution in [1.29, 1.82) is 0 Å². The minimum atomic E-state index is -0.148. The number of halogens is 2. The molecular weight excluding hydrogens is 523 g/mol. The first-order chi connectivity index (χ1) is 18.4. The van der Waals surface area contributed by atoms with E-state index in [1.165, 1.54) is 0 Å². The van der Waals surface area contributed by atoms with Crippen LogP contribution in [-0.4, -0.2) is 60.2 Å². The standard InChI is InChI=1S/C29H32Cl2N4O3/c1-19(38-28-10-7-23(31)15-33-28)25-17-35(18-26(25)20-3-5-22(30)6-4-20)29(36)21-11-13-34(14-12-21)27-9-8-24(37-2)16-32-27/h3-10,15-16,19,21,25-26H,11-14,17-18H2,1-2H3/t19-,25?,26+/m0/s1. The van der Waals surface area contributed by atoms with Gasteiger partial charge in [-0.25, -0.2) is 9.97 Å². The largest absolute Gasteiger partial charge is 0.495 e. The second-order valence-electron chi connectivity index (χ2n) is 10.0. The second kappa shape index (κ2) is 11.8. The average molecular weight is 556 g/mol. The maximum atomic E-state index is 13.7. The first kappa shape index (κ1) is 26.6. The van der Waals surface area contributed by atoms with Crippen molar-refractivity contribution in [3.63, 3.8) is 0 Å². The molecule has 1 amide bonds. The molecule has 1 aromatic carbocycles. The molecule has 9 heteroatoms. The fourth-order valence-electron chi connectivity index (χ4n) is 5.55. The summed E-state index contributed by atoms with van der Waals surface area (Å²) in [6.07, 6.45) is 4.78. The lowest BCUT2D eigenvalue weighted by Crippen LogP contribution is -2.42. The summed E-state index contributed by atoms with van der Waals surface area (Å²) in [6, 6.07) is 15.4. The van der Waals surface area contributed by atoms with Gasteiger partial charge in [0.2, 0.25) is 11.8 Å². The highest BCUT2D eigenvalue weighted by molar-refractivity contribution is 6.30. The smallest absolute Gasteiger partial charge is 0.225 e. The van der Waals surface area contributed by atoms with Crippen LogP contribution >= 0.6 is 23.2 Å². The Balaban J connectivity index is 1.26. The summed E-state index contributed by atoms with van der Waals surface area (Å²) in [6.45, 7) is 4.96. The molecule has 0 bridgehead atoms. The summed E-state index contributed by atoms with van der Waals surface area (Å²) >= 11 is 12.2. The third-order valence-electron chi connectivity index (χ3n) is 7.71. The molecule has 1 unspecified atom stereocenters. The fraction of sp³-hybridized carbons (Fsp3) is 0.414. The molecule has 2 saturated heterocycles. The number of hydrogen-bond acceptors (Lipinski definition) is 6. The molecule has 2 aliphatic heterocycles. The van der Waals surface area contributed by atoms with Crippen molar-refractivity contribution in [3.05, 3.63) is 76.5 Å². The van der Waals surface area contributed by atoms with E-state index < -0.39 is 0 Å². The van der Waals surface area contributed by atoms with E-state index in [2.05, 4.69) is 33.9 Å². The molecule has 0 N–H and O–H groups in total. The number of hydrogen-bond donors (Lipinski definition) is 0. The Hall–Kier alpha value is -3.03. The number of piperidine rings is 1. The molecule has 38 heavy (non-hydrogen) atoms. The summed E-state index contributed by atoms with van der Waals surface area (Å²) in [5, 5.41) is 1.26. The first-order valence-corrected chi connectivity index (χ1v) is 13.7. The molecule has 2 aliphatic rings. The van der Waals surface area contributed by atoms with Crippen LogP contribution < -0.4 is 14.4 Å². The Morgan fingerprint density at radius 2 is 1.68 bits per heavy atom. The van der Waals surface area contributed by atoms with Crippen LogP contribution in [0.3, 0.4) is 0 Å². The van der Waals surface area contributed by atoms with Gasteiger partial charge in [-0.2, -0.15) is 0 Å². The van der Waals surface area contributed by atoms with Gasteiger partial charge in [-0.05, 0) is 55.7 Å². The van der Waals surface area contributed by atoms with Crippen molar-refractivity contribution in [3.8, 4) is 11.6 Å². The number of ether oxygens (including phenoxy) is 2. The maximum Gasteiger partial charge on any atom is 0.225 e. The van der Waals surface area contributed by atoms with Gasteiger partial charge in [0, 0.05) is 61.2 Å². The lowest BCUT2D eigenvalue weighted by atomic mass is 9.86. The number of nitrogens with zero attached hydrogens (tertiary/aromatic N) is 4. The quantitative estimate of drug-likeness (QED) is 0.372. The van der Waals surface area contributed by atoms with E-state index in [0.29, 0.717) is 29.0 Å². The third kappa shape index (κ3) is 6.00. The van der Waals surface area contributed by atoms with Crippen molar-refractivity contribution in [2.45, 2.75) is 31.8 Å². The molecule has 5 rings (SSSR count). The molecule has 0 saturated carbocycles. The van der Waals surface area contributed by atoms with E-state index in [1.807, 2.05) is 29.2 Å². The topological polar surface area (TPSA) is 67.8 Å². The number of carbonyl (C=O) groups is 1. The van der Waals surface area contributed by atoms with Crippen LogP contribution in [0.5, 0.6) is 11.6 Å². The predicted molar refractivity (Wildman–Crippen MR) is 149 cm³/mol. The van der Waals surface area contributed by atoms with Crippen LogP contribution in [0.4, 0.5) is 5.82 Å². The SMILES string of the molecule is COc1ccc(N2CCC(C(=O)N3CC([C@H](C)Oc4ccc(Cl)cn4)[C@@H](c4ccc(Cl)cc4)C3)CC2)nc1. The highest BCUT2D eigenvalue weighted by Crippen LogP contribution is 2.38. The van der Waals surface area contributed by atoms with E-state index in [0.717, 1.165) is 43.1 Å². The van der Waals surface area contributed by atoms with Crippen LogP contribution in [0.15, 0.2) is 60.9 Å². The number of methoxy groups -OCH3 is 1. The van der Waals surface area contributed by atoms with Gasteiger partial charge in [0.05, 0.1) is 18.3 Å². The molecule has 0 aliphatic carbocycles. The number of benzene rings is 1. The molecule has 2 fully saturated rings. The lowest BCUT2D eigenvalue weighted by molar-refractivity contribution is -0.135. The molecular formula is C29H32Cl2N4O3. The summed E-state index contributed by atoms with van der Waals surface area (Å²) < 4.78 is 11.4. The monoisotopic (exact) mass is 554 g/mol. The zero-order valence-corrected chi connectivity index (χ0v) is 23.1. The molecule has 200 valence electrons. The Morgan fingerprint density at radius 1 is 0.947 bits per heavy atom. The minimum Gasteiger partial charge on any atom is -0.495 e. The normalized spacial score (nSPS) is 20.8. The van der Waals surface area contributed by atoms with Gasteiger partial charge in [-0.3, -0.25) is 4.79 Å². The van der Waals surface area contributed by atoms with Crippen molar-refractivity contribution >= 4 is 34.9 Å². The van der Waals surface area contributed by atoms with Crippen LogP contribution in [0.1, 0.15) is 31.2 Å². The Morgan fingerprint density at radius 3 is 2.32 bits per heavy atom. The molecule has 7 nitrogen and oxygen atoms in total. The van der Waals surface area contributed by atoms with Crippen molar-refractivity contribution in [1.82, 2.24) is 14.9 Å². The van der Waals surface area contributed by atoms with E-state index in [1.54, 1.807) is 31.6 Å². The van der Waals surface area contributed by atoms with E-state index in [9.17, 15) is 4.79 Å². The predicted octanol–water partition coefficient (Wildman–Crippen LogP) is 5.72. The van der Waals surface area contributed by atoms with Crippen LogP contribution in [0, 0.1) is 11.8 Å². The minimum absolute atomic E-state index is 0.00303. The number of likely N-dealkylation sites (tertiary alicyclic amines) is 1. The summed E-state index contributed by atoms with van der Waals surface area (Å²) in [7, 11) is 1.63. The van der Waals surface area contributed by atoms with Crippen LogP contribution in [0.2, 0.25) is 10.0 Å². The second-order valence-corrected chi connectivity index (χ2v) is 10.9. The molecule has 3 aromatic rings. The van der Waals surface area contributed by atoms with Gasteiger partial charge in [-0.1, -0.05) is 35.3 Å². The van der Waals surface area contributed by atoms with Gasteiger partial charge in [0.25, 0.3) is 0 Å². The Bertz CT molecular complexity index is 1220. The number of anilines is 1. The highest BCUT2D eigenvalue weighted by atomic mass is 35.5. The Kier molecular flexibility index (Phi) is 8.24. The van der Waals surface area contributed by atoms with Crippen molar-refractivity contribution in [2.24, 2.45) is 11.8 Å². The highest BCUT2D eigenvalue weighted by Gasteiger charge is 2.42.